The molecular formula is C13H25NO3. The smallest absolute Gasteiger partial charge is 0.249 e. The van der Waals surface area contributed by atoms with E-state index >= 15 is 0 Å². The largest absolute Gasteiger partial charge is 0.375 e. The third-order valence-electron chi connectivity index (χ3n) is 3.85. The second kappa shape index (κ2) is 6.36. The molecule has 0 aromatic rings. The lowest BCUT2D eigenvalue weighted by Crippen LogP contribution is -2.50. The van der Waals surface area contributed by atoms with Gasteiger partial charge in [-0.2, -0.15) is 0 Å². The maximum atomic E-state index is 11.8. The van der Waals surface area contributed by atoms with E-state index in [9.17, 15) is 4.79 Å². The summed E-state index contributed by atoms with van der Waals surface area (Å²) in [6, 6.07) is 0.216. The quantitative estimate of drug-likeness (QED) is 0.802. The topological polar surface area (TPSA) is 47.6 Å². The third-order valence-corrected chi connectivity index (χ3v) is 3.85. The van der Waals surface area contributed by atoms with E-state index in [-0.39, 0.29) is 23.7 Å². The lowest BCUT2D eigenvalue weighted by Gasteiger charge is -2.40. The van der Waals surface area contributed by atoms with Crippen LogP contribution in [0.5, 0.6) is 0 Å². The molecule has 2 unspecified atom stereocenters. The number of amides is 1. The zero-order valence-corrected chi connectivity index (χ0v) is 11.4. The van der Waals surface area contributed by atoms with E-state index < -0.39 is 0 Å². The molecule has 1 heterocycles. The molecule has 0 aliphatic carbocycles. The molecule has 0 spiro atoms. The van der Waals surface area contributed by atoms with Gasteiger partial charge in [0.25, 0.3) is 0 Å². The van der Waals surface area contributed by atoms with E-state index in [0.717, 1.165) is 32.3 Å². The summed E-state index contributed by atoms with van der Waals surface area (Å²) in [5.74, 6) is -0.0273. The number of ether oxygens (including phenoxy) is 2. The van der Waals surface area contributed by atoms with Gasteiger partial charge in [0.1, 0.15) is 6.10 Å². The van der Waals surface area contributed by atoms with Gasteiger partial charge in [0.05, 0.1) is 5.60 Å². The summed E-state index contributed by atoms with van der Waals surface area (Å²) in [5.41, 5.74) is -0.0491. The molecule has 100 valence electrons. The van der Waals surface area contributed by atoms with Crippen molar-refractivity contribution in [1.82, 2.24) is 5.32 Å². The highest BCUT2D eigenvalue weighted by Crippen LogP contribution is 2.31. The molecule has 17 heavy (non-hydrogen) atoms. The SMILES string of the molecule is CCC1(CC)CC(NC(=O)C(C)OC)CCO1. The Kier molecular flexibility index (Phi) is 5.40. The summed E-state index contributed by atoms with van der Waals surface area (Å²) < 4.78 is 10.9. The molecule has 1 N–H and O–H groups in total. The summed E-state index contributed by atoms with van der Waals surface area (Å²) >= 11 is 0. The molecule has 1 saturated heterocycles. The van der Waals surface area contributed by atoms with Crippen molar-refractivity contribution in [3.05, 3.63) is 0 Å². The fourth-order valence-corrected chi connectivity index (χ4v) is 2.32. The zero-order valence-electron chi connectivity index (χ0n) is 11.4. The van der Waals surface area contributed by atoms with Crippen LogP contribution in [-0.4, -0.2) is 37.4 Å². The van der Waals surface area contributed by atoms with Gasteiger partial charge in [-0.15, -0.1) is 0 Å². The fourth-order valence-electron chi connectivity index (χ4n) is 2.32. The van der Waals surface area contributed by atoms with Crippen LogP contribution in [0.15, 0.2) is 0 Å². The molecule has 0 bridgehead atoms. The average molecular weight is 243 g/mol. The predicted molar refractivity (Wildman–Crippen MR) is 66.9 cm³/mol. The molecule has 1 aliphatic heterocycles. The van der Waals surface area contributed by atoms with Gasteiger partial charge in [-0.05, 0) is 32.6 Å². The molecule has 0 saturated carbocycles. The predicted octanol–water partition coefficient (Wildman–Crippen LogP) is 1.88. The highest BCUT2D eigenvalue weighted by atomic mass is 16.5. The Labute approximate surface area is 104 Å². The van der Waals surface area contributed by atoms with Gasteiger partial charge < -0.3 is 14.8 Å². The van der Waals surface area contributed by atoms with Crippen LogP contribution in [-0.2, 0) is 14.3 Å². The summed E-state index contributed by atoms with van der Waals surface area (Å²) in [6.45, 7) is 6.78. The maximum Gasteiger partial charge on any atom is 0.249 e. The van der Waals surface area contributed by atoms with Crippen LogP contribution in [0.4, 0.5) is 0 Å². The Hall–Kier alpha value is -0.610. The fraction of sp³-hybridized carbons (Fsp3) is 0.923. The number of carbonyl (C=O) groups is 1. The number of hydrogen-bond acceptors (Lipinski definition) is 3. The van der Waals surface area contributed by atoms with Gasteiger partial charge in [-0.3, -0.25) is 4.79 Å². The summed E-state index contributed by atoms with van der Waals surface area (Å²) in [7, 11) is 1.55. The highest BCUT2D eigenvalue weighted by molar-refractivity contribution is 5.80. The summed E-state index contributed by atoms with van der Waals surface area (Å²) in [6.07, 6.45) is 3.41. The Morgan fingerprint density at radius 2 is 2.18 bits per heavy atom. The third kappa shape index (κ3) is 3.68. The van der Waals surface area contributed by atoms with E-state index in [0.29, 0.717) is 0 Å². The molecule has 0 aromatic heterocycles. The van der Waals surface area contributed by atoms with Crippen molar-refractivity contribution >= 4 is 5.91 Å². The molecule has 4 nitrogen and oxygen atoms in total. The Balaban J connectivity index is 2.52. The summed E-state index contributed by atoms with van der Waals surface area (Å²) in [5, 5.41) is 3.05. The minimum Gasteiger partial charge on any atom is -0.375 e. The van der Waals surface area contributed by atoms with Crippen LogP contribution >= 0.6 is 0 Å². The van der Waals surface area contributed by atoms with Crippen molar-refractivity contribution in [3.63, 3.8) is 0 Å². The Morgan fingerprint density at radius 3 is 2.71 bits per heavy atom. The number of carbonyl (C=O) groups excluding carboxylic acids is 1. The van der Waals surface area contributed by atoms with E-state index in [1.54, 1.807) is 14.0 Å². The van der Waals surface area contributed by atoms with Crippen molar-refractivity contribution in [3.8, 4) is 0 Å². The highest BCUT2D eigenvalue weighted by Gasteiger charge is 2.35. The number of methoxy groups -OCH3 is 1. The van der Waals surface area contributed by atoms with Crippen LogP contribution in [0.1, 0.15) is 46.5 Å². The normalized spacial score (nSPS) is 25.3. The van der Waals surface area contributed by atoms with Gasteiger partial charge in [0, 0.05) is 19.8 Å². The van der Waals surface area contributed by atoms with Gasteiger partial charge in [0.2, 0.25) is 5.91 Å². The second-order valence-electron chi connectivity index (χ2n) is 4.81. The van der Waals surface area contributed by atoms with Gasteiger partial charge in [-0.25, -0.2) is 0 Å². The molecular weight excluding hydrogens is 218 g/mol. The zero-order chi connectivity index (χ0) is 12.9. The standard InChI is InChI=1S/C13H25NO3/c1-5-13(6-2)9-11(7-8-17-13)14-12(15)10(3)16-4/h10-11H,5-9H2,1-4H3,(H,14,15). The second-order valence-corrected chi connectivity index (χ2v) is 4.81. The number of nitrogens with one attached hydrogen (secondary N) is 1. The molecule has 0 aromatic carbocycles. The van der Waals surface area contributed by atoms with Gasteiger partial charge in [0.15, 0.2) is 0 Å². The molecule has 0 radical (unpaired) electrons. The van der Waals surface area contributed by atoms with Crippen molar-refractivity contribution in [2.45, 2.75) is 64.2 Å². The molecule has 4 heteroatoms. The average Bonchev–Trinajstić information content (AvgIpc) is 2.37. The van der Waals surface area contributed by atoms with Crippen LogP contribution in [0.2, 0.25) is 0 Å². The van der Waals surface area contributed by atoms with Crippen LogP contribution < -0.4 is 5.32 Å². The Bertz CT molecular complexity index is 251. The van der Waals surface area contributed by atoms with Crippen LogP contribution in [0, 0.1) is 0 Å². The van der Waals surface area contributed by atoms with Crippen LogP contribution in [0.3, 0.4) is 0 Å². The first-order valence-electron chi connectivity index (χ1n) is 6.54. The van der Waals surface area contributed by atoms with Crippen molar-refractivity contribution < 1.29 is 14.3 Å². The summed E-state index contributed by atoms with van der Waals surface area (Å²) in [4.78, 5) is 11.8. The lowest BCUT2D eigenvalue weighted by molar-refractivity contribution is -0.134. The maximum absolute atomic E-state index is 11.8. The van der Waals surface area contributed by atoms with Gasteiger partial charge in [-0.1, -0.05) is 13.8 Å². The van der Waals surface area contributed by atoms with Crippen LogP contribution in [0.25, 0.3) is 0 Å². The minimum absolute atomic E-state index is 0.0273. The molecule has 1 rings (SSSR count). The monoisotopic (exact) mass is 243 g/mol. The molecule has 1 fully saturated rings. The molecule has 1 aliphatic rings. The molecule has 1 amide bonds. The first-order valence-corrected chi connectivity index (χ1v) is 6.54. The van der Waals surface area contributed by atoms with Gasteiger partial charge >= 0.3 is 0 Å². The number of hydrogen-bond donors (Lipinski definition) is 1. The van der Waals surface area contributed by atoms with E-state index in [2.05, 4.69) is 19.2 Å². The lowest BCUT2D eigenvalue weighted by atomic mass is 9.86. The van der Waals surface area contributed by atoms with Crippen molar-refractivity contribution in [2.24, 2.45) is 0 Å². The van der Waals surface area contributed by atoms with E-state index in [1.165, 1.54) is 0 Å². The molecule has 2 atom stereocenters. The first kappa shape index (κ1) is 14.5. The minimum atomic E-state index is -0.379. The van der Waals surface area contributed by atoms with E-state index in [4.69, 9.17) is 9.47 Å². The Morgan fingerprint density at radius 1 is 1.53 bits per heavy atom. The number of rotatable bonds is 5. The van der Waals surface area contributed by atoms with E-state index in [1.807, 2.05) is 0 Å². The first-order chi connectivity index (χ1) is 8.06. The van der Waals surface area contributed by atoms with Crippen molar-refractivity contribution in [2.75, 3.05) is 13.7 Å². The van der Waals surface area contributed by atoms with Crippen molar-refractivity contribution in [1.29, 1.82) is 0 Å².